The molecule has 0 bridgehead atoms. The van der Waals surface area contributed by atoms with E-state index in [4.69, 9.17) is 9.47 Å². The number of nitrogens with one attached hydrogen (secondary N) is 1. The minimum Gasteiger partial charge on any atom is -0.492 e. The fraction of sp³-hybridized carbons (Fsp3) is 0.278. The molecule has 0 unspecified atom stereocenters. The highest BCUT2D eigenvalue weighted by Crippen LogP contribution is 2.38. The van der Waals surface area contributed by atoms with Gasteiger partial charge in [-0.3, -0.25) is 4.79 Å². The summed E-state index contributed by atoms with van der Waals surface area (Å²) in [5, 5.41) is 2.95. The van der Waals surface area contributed by atoms with Crippen molar-refractivity contribution in [2.45, 2.75) is 26.4 Å². The lowest BCUT2D eigenvalue weighted by molar-refractivity contribution is 0.102. The van der Waals surface area contributed by atoms with E-state index in [-0.39, 0.29) is 12.0 Å². The van der Waals surface area contributed by atoms with E-state index in [9.17, 15) is 4.79 Å². The Morgan fingerprint density at radius 3 is 2.91 bits per heavy atom. The molecule has 2 aromatic rings. The summed E-state index contributed by atoms with van der Waals surface area (Å²) in [6.45, 7) is 4.50. The first-order valence-corrected chi connectivity index (χ1v) is 8.68. The number of halogens is 1. The van der Waals surface area contributed by atoms with E-state index in [0.29, 0.717) is 23.6 Å². The molecule has 2 aromatic carbocycles. The van der Waals surface area contributed by atoms with Crippen molar-refractivity contribution < 1.29 is 14.3 Å². The smallest absolute Gasteiger partial charge is 0.256 e. The summed E-state index contributed by atoms with van der Waals surface area (Å²) in [4.78, 5) is 12.5. The number of anilines is 1. The van der Waals surface area contributed by atoms with Crippen LogP contribution in [0.15, 0.2) is 36.4 Å². The standard InChI is InChI=1S/C18H18INO3/c1-3-22-17-9-12-8-11(2)23-16(12)10-15(17)20-18(21)13-6-4-5-7-14(13)19/h4-7,9-11H,3,8H2,1-2H3,(H,20,21)/t11-/m1/s1. The zero-order chi connectivity index (χ0) is 16.4. The summed E-state index contributed by atoms with van der Waals surface area (Å²) in [5.41, 5.74) is 2.41. The van der Waals surface area contributed by atoms with Crippen molar-refractivity contribution in [3.8, 4) is 11.5 Å². The first kappa shape index (κ1) is 16.1. The molecule has 1 amide bonds. The summed E-state index contributed by atoms with van der Waals surface area (Å²) < 4.78 is 12.4. The van der Waals surface area contributed by atoms with E-state index in [2.05, 4.69) is 27.9 Å². The normalized spacial score (nSPS) is 15.7. The number of rotatable bonds is 4. The number of amides is 1. The Kier molecular flexibility index (Phi) is 4.75. The molecule has 1 atom stereocenters. The molecule has 5 heteroatoms. The molecule has 1 N–H and O–H groups in total. The number of hydrogen-bond acceptors (Lipinski definition) is 3. The summed E-state index contributed by atoms with van der Waals surface area (Å²) in [7, 11) is 0. The van der Waals surface area contributed by atoms with Crippen molar-refractivity contribution in [1.82, 2.24) is 0 Å². The minimum absolute atomic E-state index is 0.151. The fourth-order valence-corrected chi connectivity index (χ4v) is 3.28. The Morgan fingerprint density at radius 2 is 2.17 bits per heavy atom. The Balaban J connectivity index is 1.91. The van der Waals surface area contributed by atoms with Gasteiger partial charge in [0.15, 0.2) is 0 Å². The SMILES string of the molecule is CCOc1cc2c(cc1NC(=O)c1ccccc1I)O[C@H](C)C2. The Morgan fingerprint density at radius 1 is 1.39 bits per heavy atom. The lowest BCUT2D eigenvalue weighted by Crippen LogP contribution is -2.14. The molecular weight excluding hydrogens is 405 g/mol. The summed E-state index contributed by atoms with van der Waals surface area (Å²) >= 11 is 2.16. The van der Waals surface area contributed by atoms with Crippen LogP contribution in [0.3, 0.4) is 0 Å². The van der Waals surface area contributed by atoms with Crippen LogP contribution in [0, 0.1) is 3.57 Å². The van der Waals surface area contributed by atoms with Gasteiger partial charge in [-0.05, 0) is 54.6 Å². The molecule has 23 heavy (non-hydrogen) atoms. The number of ether oxygens (including phenoxy) is 2. The van der Waals surface area contributed by atoms with Gasteiger partial charge in [0.05, 0.1) is 17.9 Å². The predicted octanol–water partition coefficient (Wildman–Crippen LogP) is 4.27. The van der Waals surface area contributed by atoms with Crippen molar-refractivity contribution in [2.75, 3.05) is 11.9 Å². The van der Waals surface area contributed by atoms with Gasteiger partial charge >= 0.3 is 0 Å². The average Bonchev–Trinajstić information content (AvgIpc) is 2.87. The summed E-state index contributed by atoms with van der Waals surface area (Å²) in [5.74, 6) is 1.35. The molecule has 1 aliphatic heterocycles. The molecule has 0 radical (unpaired) electrons. The van der Waals surface area contributed by atoms with E-state index < -0.39 is 0 Å². The number of benzene rings is 2. The van der Waals surface area contributed by atoms with Crippen molar-refractivity contribution in [3.05, 3.63) is 51.1 Å². The quantitative estimate of drug-likeness (QED) is 0.748. The van der Waals surface area contributed by atoms with E-state index in [1.54, 1.807) is 0 Å². The van der Waals surface area contributed by atoms with Crippen molar-refractivity contribution in [3.63, 3.8) is 0 Å². The molecule has 3 rings (SSSR count). The second-order valence-electron chi connectivity index (χ2n) is 5.46. The number of hydrogen-bond donors (Lipinski definition) is 1. The third-order valence-electron chi connectivity index (χ3n) is 3.66. The average molecular weight is 423 g/mol. The maximum Gasteiger partial charge on any atom is 0.256 e. The first-order valence-electron chi connectivity index (χ1n) is 7.60. The second kappa shape index (κ2) is 6.78. The second-order valence-corrected chi connectivity index (χ2v) is 6.62. The maximum absolute atomic E-state index is 12.5. The van der Waals surface area contributed by atoms with Gasteiger partial charge in [0.2, 0.25) is 0 Å². The maximum atomic E-state index is 12.5. The van der Waals surface area contributed by atoms with Crippen LogP contribution in [0.2, 0.25) is 0 Å². The highest BCUT2D eigenvalue weighted by molar-refractivity contribution is 14.1. The van der Waals surface area contributed by atoms with Gasteiger partial charge < -0.3 is 14.8 Å². The lowest BCUT2D eigenvalue weighted by Gasteiger charge is -2.14. The van der Waals surface area contributed by atoms with Crippen LogP contribution >= 0.6 is 22.6 Å². The van der Waals surface area contributed by atoms with Crippen LogP contribution in [0.1, 0.15) is 29.8 Å². The number of carbonyl (C=O) groups excluding carboxylic acids is 1. The summed E-state index contributed by atoms with van der Waals surface area (Å²) in [6, 6.07) is 11.3. The van der Waals surface area contributed by atoms with Crippen molar-refractivity contribution in [2.24, 2.45) is 0 Å². The van der Waals surface area contributed by atoms with Crippen molar-refractivity contribution >= 4 is 34.2 Å². The third kappa shape index (κ3) is 3.44. The third-order valence-corrected chi connectivity index (χ3v) is 4.61. The largest absolute Gasteiger partial charge is 0.492 e. The van der Waals surface area contributed by atoms with Gasteiger partial charge in [0, 0.05) is 21.6 Å². The first-order chi connectivity index (χ1) is 11.1. The van der Waals surface area contributed by atoms with Gasteiger partial charge in [0.25, 0.3) is 5.91 Å². The highest BCUT2D eigenvalue weighted by atomic mass is 127. The molecule has 1 heterocycles. The van der Waals surface area contributed by atoms with E-state index in [1.807, 2.05) is 50.2 Å². The Bertz CT molecular complexity index is 745. The molecule has 0 aromatic heterocycles. The number of fused-ring (bicyclic) bond motifs is 1. The van der Waals surface area contributed by atoms with Crippen LogP contribution in [-0.2, 0) is 6.42 Å². The molecular formula is C18H18INO3. The van der Waals surface area contributed by atoms with Crippen LogP contribution in [0.4, 0.5) is 5.69 Å². The predicted molar refractivity (Wildman–Crippen MR) is 98.5 cm³/mol. The van der Waals surface area contributed by atoms with Gasteiger partial charge in [-0.1, -0.05) is 12.1 Å². The molecule has 120 valence electrons. The highest BCUT2D eigenvalue weighted by Gasteiger charge is 2.23. The topological polar surface area (TPSA) is 47.6 Å². The van der Waals surface area contributed by atoms with Crippen LogP contribution < -0.4 is 14.8 Å². The molecule has 1 aliphatic rings. The fourth-order valence-electron chi connectivity index (χ4n) is 2.65. The molecule has 4 nitrogen and oxygen atoms in total. The van der Waals surface area contributed by atoms with Crippen LogP contribution in [-0.4, -0.2) is 18.6 Å². The van der Waals surface area contributed by atoms with Gasteiger partial charge in [0.1, 0.15) is 17.6 Å². The van der Waals surface area contributed by atoms with Crippen LogP contribution in [0.5, 0.6) is 11.5 Å². The monoisotopic (exact) mass is 423 g/mol. The van der Waals surface area contributed by atoms with Gasteiger partial charge in [-0.25, -0.2) is 0 Å². The molecule has 0 spiro atoms. The molecule has 0 aliphatic carbocycles. The Hall–Kier alpha value is -1.76. The zero-order valence-electron chi connectivity index (χ0n) is 13.1. The van der Waals surface area contributed by atoms with Crippen LogP contribution in [0.25, 0.3) is 0 Å². The van der Waals surface area contributed by atoms with E-state index >= 15 is 0 Å². The lowest BCUT2D eigenvalue weighted by atomic mass is 10.1. The summed E-state index contributed by atoms with van der Waals surface area (Å²) in [6.07, 6.45) is 1.01. The van der Waals surface area contributed by atoms with E-state index in [0.717, 1.165) is 21.3 Å². The van der Waals surface area contributed by atoms with E-state index in [1.165, 1.54) is 0 Å². The molecule has 0 saturated heterocycles. The Labute approximate surface area is 149 Å². The van der Waals surface area contributed by atoms with Gasteiger partial charge in [-0.2, -0.15) is 0 Å². The number of carbonyl (C=O) groups is 1. The van der Waals surface area contributed by atoms with Gasteiger partial charge in [-0.15, -0.1) is 0 Å². The molecule has 0 fully saturated rings. The minimum atomic E-state index is -0.151. The zero-order valence-corrected chi connectivity index (χ0v) is 15.2. The molecule has 0 saturated carbocycles. The van der Waals surface area contributed by atoms with Crippen molar-refractivity contribution in [1.29, 1.82) is 0 Å².